The zero-order valence-electron chi connectivity index (χ0n) is 22.6. The summed E-state index contributed by atoms with van der Waals surface area (Å²) in [4.78, 5) is 14.0. The Morgan fingerprint density at radius 1 is 1.00 bits per heavy atom. The third kappa shape index (κ3) is 5.13. The molecule has 0 aliphatic carbocycles. The fourth-order valence-corrected chi connectivity index (χ4v) is 4.97. The lowest BCUT2D eigenvalue weighted by Crippen LogP contribution is -2.57. The zero-order valence-corrected chi connectivity index (χ0v) is 22.6. The largest absolute Gasteiger partial charge is 0.496 e. The lowest BCUT2D eigenvalue weighted by atomic mass is 9.77. The van der Waals surface area contributed by atoms with Crippen LogP contribution in [0, 0.1) is 0 Å². The van der Waals surface area contributed by atoms with E-state index in [1.807, 2.05) is 30.3 Å². The van der Waals surface area contributed by atoms with Crippen LogP contribution in [0.5, 0.6) is 34.5 Å². The SMILES string of the molecule is COc1cc(OCC(O)CNCCc2ccccc2)c2c(c1)O[C@@H]1COc3cc(OC)c(OC)cc3[C@]1(O)C2=O. The normalized spacial score (nSPS) is 19.7. The molecule has 0 spiro atoms. The highest BCUT2D eigenvalue weighted by molar-refractivity contribution is 6.09. The highest BCUT2D eigenvalue weighted by Crippen LogP contribution is 2.51. The molecule has 5 rings (SSSR count). The minimum atomic E-state index is -2.08. The van der Waals surface area contributed by atoms with E-state index in [1.54, 1.807) is 12.1 Å². The first-order valence-electron chi connectivity index (χ1n) is 13.0. The molecule has 212 valence electrons. The first-order chi connectivity index (χ1) is 19.4. The minimum absolute atomic E-state index is 0.0476. The maximum absolute atomic E-state index is 14.0. The van der Waals surface area contributed by atoms with Crippen LogP contribution in [0.4, 0.5) is 0 Å². The van der Waals surface area contributed by atoms with Gasteiger partial charge in [-0.05, 0) is 24.6 Å². The Hall–Kier alpha value is -3.99. The maximum atomic E-state index is 14.0. The van der Waals surface area contributed by atoms with Crippen LogP contribution in [0.1, 0.15) is 21.5 Å². The van der Waals surface area contributed by atoms with Gasteiger partial charge in [-0.2, -0.15) is 0 Å². The van der Waals surface area contributed by atoms with E-state index in [9.17, 15) is 15.0 Å². The number of aliphatic hydroxyl groups excluding tert-OH is 1. The molecule has 0 amide bonds. The average molecular weight is 552 g/mol. The number of carbonyl (C=O) groups is 1. The van der Waals surface area contributed by atoms with Gasteiger partial charge >= 0.3 is 0 Å². The Morgan fingerprint density at radius 2 is 1.75 bits per heavy atom. The number of fused-ring (bicyclic) bond motifs is 4. The van der Waals surface area contributed by atoms with Gasteiger partial charge in [0.05, 0.1) is 21.3 Å². The second-order valence-electron chi connectivity index (χ2n) is 9.62. The summed E-state index contributed by atoms with van der Waals surface area (Å²) in [5, 5.41) is 25.7. The Bertz CT molecular complexity index is 1360. The Labute approximate surface area is 232 Å². The molecule has 0 saturated carbocycles. The number of nitrogens with one attached hydrogen (secondary N) is 1. The second-order valence-corrected chi connectivity index (χ2v) is 9.62. The summed E-state index contributed by atoms with van der Waals surface area (Å²) in [6, 6.07) is 16.2. The molecule has 3 aromatic rings. The summed E-state index contributed by atoms with van der Waals surface area (Å²) < 4.78 is 34.0. The molecule has 2 aliphatic heterocycles. The molecule has 3 N–H and O–H groups in total. The van der Waals surface area contributed by atoms with Crippen molar-refractivity contribution in [2.24, 2.45) is 0 Å². The predicted octanol–water partition coefficient (Wildman–Crippen LogP) is 2.51. The number of benzene rings is 3. The van der Waals surface area contributed by atoms with Crippen molar-refractivity contribution in [1.82, 2.24) is 5.32 Å². The summed E-state index contributed by atoms with van der Waals surface area (Å²) in [5.74, 6) is 1.10. The van der Waals surface area contributed by atoms with Gasteiger partial charge in [-0.25, -0.2) is 0 Å². The molecular formula is C30H33NO9. The first kappa shape index (κ1) is 27.6. The van der Waals surface area contributed by atoms with Crippen molar-refractivity contribution in [3.63, 3.8) is 0 Å². The van der Waals surface area contributed by atoms with Crippen molar-refractivity contribution < 1.29 is 43.4 Å². The standard InChI is InChI=1S/C30H33NO9/c1-35-20-11-25(38-16-19(32)15-31-10-9-18-7-5-4-6-8-18)28-26(12-20)40-27-17-39-22-14-24(37-3)23(36-2)13-21(22)30(27,34)29(28)33/h4-8,11-14,19,27,31-32,34H,9-10,15-17H2,1-3H3/t19?,27-,30-/m1/s1. The van der Waals surface area contributed by atoms with E-state index >= 15 is 0 Å². The minimum Gasteiger partial charge on any atom is -0.496 e. The molecule has 10 nitrogen and oxygen atoms in total. The van der Waals surface area contributed by atoms with Crippen LogP contribution in [0.15, 0.2) is 54.6 Å². The number of hydrogen-bond acceptors (Lipinski definition) is 10. The summed E-state index contributed by atoms with van der Waals surface area (Å²) in [7, 11) is 4.43. The lowest BCUT2D eigenvalue weighted by Gasteiger charge is -2.43. The van der Waals surface area contributed by atoms with E-state index in [-0.39, 0.29) is 41.6 Å². The van der Waals surface area contributed by atoms with Crippen LogP contribution in [0.25, 0.3) is 0 Å². The van der Waals surface area contributed by atoms with E-state index in [0.717, 1.165) is 6.42 Å². The van der Waals surface area contributed by atoms with Gasteiger partial charge in [0.15, 0.2) is 23.2 Å². The molecule has 0 radical (unpaired) electrons. The molecule has 3 aromatic carbocycles. The zero-order chi connectivity index (χ0) is 28.3. The van der Waals surface area contributed by atoms with Gasteiger partial charge in [-0.3, -0.25) is 4.79 Å². The molecule has 10 heteroatoms. The van der Waals surface area contributed by atoms with E-state index in [4.69, 9.17) is 28.4 Å². The van der Waals surface area contributed by atoms with Gasteiger partial charge in [0.1, 0.15) is 47.9 Å². The van der Waals surface area contributed by atoms with Crippen molar-refractivity contribution in [2.45, 2.75) is 24.2 Å². The quantitative estimate of drug-likeness (QED) is 0.306. The number of ether oxygens (including phenoxy) is 6. The molecule has 0 saturated heterocycles. The average Bonchev–Trinajstić information content (AvgIpc) is 2.98. The highest BCUT2D eigenvalue weighted by Gasteiger charge is 2.57. The van der Waals surface area contributed by atoms with E-state index in [2.05, 4.69) is 5.32 Å². The topological polar surface area (TPSA) is 125 Å². The fourth-order valence-electron chi connectivity index (χ4n) is 4.97. The molecule has 1 unspecified atom stereocenters. The summed E-state index contributed by atoms with van der Waals surface area (Å²) in [6.45, 7) is 0.802. The maximum Gasteiger partial charge on any atom is 0.210 e. The van der Waals surface area contributed by atoms with Crippen LogP contribution >= 0.6 is 0 Å². The number of rotatable bonds is 11. The number of methoxy groups -OCH3 is 3. The van der Waals surface area contributed by atoms with Crippen LogP contribution in [-0.2, 0) is 12.0 Å². The fraction of sp³-hybridized carbons (Fsp3) is 0.367. The van der Waals surface area contributed by atoms with E-state index in [0.29, 0.717) is 30.3 Å². The molecule has 2 heterocycles. The van der Waals surface area contributed by atoms with Crippen molar-refractivity contribution in [2.75, 3.05) is 47.6 Å². The Balaban J connectivity index is 1.36. The third-order valence-corrected chi connectivity index (χ3v) is 7.11. The second kappa shape index (κ2) is 11.6. The van der Waals surface area contributed by atoms with Gasteiger partial charge in [0.2, 0.25) is 5.78 Å². The van der Waals surface area contributed by atoms with Crippen LogP contribution < -0.4 is 33.7 Å². The highest BCUT2D eigenvalue weighted by atomic mass is 16.6. The lowest BCUT2D eigenvalue weighted by molar-refractivity contribution is -0.0804. The van der Waals surface area contributed by atoms with Gasteiger partial charge in [0, 0.05) is 30.3 Å². The van der Waals surface area contributed by atoms with Gasteiger partial charge < -0.3 is 44.0 Å². The number of aliphatic hydroxyl groups is 2. The van der Waals surface area contributed by atoms with Crippen molar-refractivity contribution in [3.05, 3.63) is 71.3 Å². The predicted molar refractivity (Wildman–Crippen MR) is 145 cm³/mol. The van der Waals surface area contributed by atoms with Crippen LogP contribution in [0.3, 0.4) is 0 Å². The van der Waals surface area contributed by atoms with Crippen molar-refractivity contribution >= 4 is 5.78 Å². The van der Waals surface area contributed by atoms with Gasteiger partial charge in [-0.15, -0.1) is 0 Å². The summed E-state index contributed by atoms with van der Waals surface area (Å²) >= 11 is 0. The van der Waals surface area contributed by atoms with Gasteiger partial charge in [-0.1, -0.05) is 30.3 Å². The smallest absolute Gasteiger partial charge is 0.210 e. The molecule has 3 atom stereocenters. The summed E-state index contributed by atoms with van der Waals surface area (Å²) in [5.41, 5.74) is -0.637. The van der Waals surface area contributed by atoms with Crippen LogP contribution in [-0.4, -0.2) is 75.8 Å². The Kier molecular flexibility index (Phi) is 8.02. The molecule has 0 aromatic heterocycles. The molecule has 2 aliphatic rings. The first-order valence-corrected chi connectivity index (χ1v) is 13.0. The molecule has 40 heavy (non-hydrogen) atoms. The monoisotopic (exact) mass is 551 g/mol. The summed E-state index contributed by atoms with van der Waals surface area (Å²) in [6.07, 6.45) is -1.06. The number of carbonyl (C=O) groups excluding carboxylic acids is 1. The Morgan fingerprint density at radius 3 is 2.48 bits per heavy atom. The van der Waals surface area contributed by atoms with Crippen molar-refractivity contribution in [3.8, 4) is 34.5 Å². The third-order valence-electron chi connectivity index (χ3n) is 7.11. The molecule has 0 bridgehead atoms. The molecule has 0 fully saturated rings. The van der Waals surface area contributed by atoms with E-state index in [1.165, 1.54) is 39.0 Å². The number of ketones is 1. The molecular weight excluding hydrogens is 518 g/mol. The number of Topliss-reactive ketones (excluding diaryl/α,β-unsaturated/α-hetero) is 1. The van der Waals surface area contributed by atoms with Gasteiger partial charge in [0.25, 0.3) is 0 Å². The van der Waals surface area contributed by atoms with E-state index < -0.39 is 23.6 Å². The van der Waals surface area contributed by atoms with Crippen molar-refractivity contribution in [1.29, 1.82) is 0 Å². The van der Waals surface area contributed by atoms with Crippen LogP contribution in [0.2, 0.25) is 0 Å². The number of hydrogen-bond donors (Lipinski definition) is 3.